The van der Waals surface area contributed by atoms with Gasteiger partial charge in [0.15, 0.2) is 0 Å². The Balaban J connectivity index is 2.36. The minimum Gasteiger partial charge on any atom is -0.481 e. The minimum atomic E-state index is -0.836. The molecule has 4 heteroatoms. The van der Waals surface area contributed by atoms with Crippen LogP contribution in [0.5, 0.6) is 0 Å². The van der Waals surface area contributed by atoms with Gasteiger partial charge in [0.2, 0.25) is 0 Å². The van der Waals surface area contributed by atoms with Gasteiger partial charge in [0.1, 0.15) is 6.33 Å². The van der Waals surface area contributed by atoms with Gasteiger partial charge in [-0.25, -0.2) is 9.97 Å². The van der Waals surface area contributed by atoms with Crippen molar-refractivity contribution in [3.05, 3.63) is 60.2 Å². The van der Waals surface area contributed by atoms with Crippen LogP contribution in [0.1, 0.15) is 23.6 Å². The summed E-state index contributed by atoms with van der Waals surface area (Å²) < 4.78 is 0. The fourth-order valence-corrected chi connectivity index (χ4v) is 1.76. The first-order valence-corrected chi connectivity index (χ1v) is 5.30. The highest BCUT2D eigenvalue weighted by molar-refractivity contribution is 5.68. The average molecular weight is 228 g/mol. The van der Waals surface area contributed by atoms with Gasteiger partial charge >= 0.3 is 5.97 Å². The number of carboxylic acids is 1. The van der Waals surface area contributed by atoms with Crippen molar-refractivity contribution in [1.82, 2.24) is 9.97 Å². The summed E-state index contributed by atoms with van der Waals surface area (Å²) in [6.07, 6.45) is 3.09. The third-order valence-corrected chi connectivity index (χ3v) is 2.54. The molecule has 0 amide bonds. The smallest absolute Gasteiger partial charge is 0.304 e. The molecule has 2 aromatic rings. The Kier molecular flexibility index (Phi) is 3.45. The van der Waals surface area contributed by atoms with Crippen molar-refractivity contribution in [3.8, 4) is 0 Å². The fraction of sp³-hybridized carbons (Fsp3) is 0.154. The third-order valence-electron chi connectivity index (χ3n) is 2.54. The van der Waals surface area contributed by atoms with Crippen molar-refractivity contribution in [1.29, 1.82) is 0 Å². The van der Waals surface area contributed by atoms with Crippen LogP contribution >= 0.6 is 0 Å². The van der Waals surface area contributed by atoms with Gasteiger partial charge in [-0.05, 0) is 11.6 Å². The number of benzene rings is 1. The van der Waals surface area contributed by atoms with Gasteiger partial charge in [-0.1, -0.05) is 30.3 Å². The van der Waals surface area contributed by atoms with Crippen molar-refractivity contribution in [2.24, 2.45) is 0 Å². The Labute approximate surface area is 99.0 Å². The van der Waals surface area contributed by atoms with Crippen LogP contribution in [0.25, 0.3) is 0 Å². The topological polar surface area (TPSA) is 63.1 Å². The Hall–Kier alpha value is -2.23. The van der Waals surface area contributed by atoms with Crippen LogP contribution in [0.15, 0.2) is 48.9 Å². The number of aromatic nitrogens is 2. The van der Waals surface area contributed by atoms with Crippen molar-refractivity contribution >= 4 is 5.97 Å². The van der Waals surface area contributed by atoms with Crippen LogP contribution in [0.2, 0.25) is 0 Å². The normalized spacial score (nSPS) is 12.0. The Bertz CT molecular complexity index is 446. The van der Waals surface area contributed by atoms with Crippen molar-refractivity contribution in [3.63, 3.8) is 0 Å². The molecule has 0 aliphatic heterocycles. The van der Waals surface area contributed by atoms with E-state index >= 15 is 0 Å². The summed E-state index contributed by atoms with van der Waals surface area (Å²) >= 11 is 0. The van der Waals surface area contributed by atoms with E-state index in [0.29, 0.717) is 0 Å². The first-order chi connectivity index (χ1) is 8.27. The van der Waals surface area contributed by atoms with Crippen LogP contribution in [0.4, 0.5) is 0 Å². The SMILES string of the molecule is O=C(O)CC(c1ccccc1)c1ccncn1. The molecule has 2 rings (SSSR count). The van der Waals surface area contributed by atoms with E-state index in [2.05, 4.69) is 9.97 Å². The molecule has 0 spiro atoms. The second-order valence-electron chi connectivity index (χ2n) is 3.70. The first-order valence-electron chi connectivity index (χ1n) is 5.30. The Morgan fingerprint density at radius 3 is 2.59 bits per heavy atom. The molecule has 1 atom stereocenters. The number of aliphatic carboxylic acids is 1. The standard InChI is InChI=1S/C13H12N2O2/c16-13(17)8-11(10-4-2-1-3-5-10)12-6-7-14-9-15-12/h1-7,9,11H,8H2,(H,16,17). The Morgan fingerprint density at radius 1 is 1.24 bits per heavy atom. The van der Waals surface area contributed by atoms with E-state index < -0.39 is 5.97 Å². The molecule has 0 saturated heterocycles. The second-order valence-corrected chi connectivity index (χ2v) is 3.70. The van der Waals surface area contributed by atoms with Crippen molar-refractivity contribution in [2.75, 3.05) is 0 Å². The molecule has 1 N–H and O–H groups in total. The van der Waals surface area contributed by atoms with E-state index in [1.54, 1.807) is 12.3 Å². The van der Waals surface area contributed by atoms with Gasteiger partial charge in [-0.15, -0.1) is 0 Å². The summed E-state index contributed by atoms with van der Waals surface area (Å²) in [5, 5.41) is 8.96. The molecular weight excluding hydrogens is 216 g/mol. The molecule has 0 radical (unpaired) electrons. The summed E-state index contributed by atoms with van der Waals surface area (Å²) in [6, 6.07) is 11.3. The van der Waals surface area contributed by atoms with E-state index in [9.17, 15) is 4.79 Å². The molecular formula is C13H12N2O2. The van der Waals surface area contributed by atoms with Gasteiger partial charge in [-0.3, -0.25) is 4.79 Å². The molecule has 1 unspecified atom stereocenters. The Morgan fingerprint density at radius 2 is 2.00 bits per heavy atom. The van der Waals surface area contributed by atoms with Gasteiger partial charge in [-0.2, -0.15) is 0 Å². The van der Waals surface area contributed by atoms with Crippen molar-refractivity contribution < 1.29 is 9.90 Å². The molecule has 0 saturated carbocycles. The molecule has 0 aliphatic rings. The lowest BCUT2D eigenvalue weighted by atomic mass is 9.92. The maximum absolute atomic E-state index is 10.9. The highest BCUT2D eigenvalue weighted by Gasteiger charge is 2.18. The minimum absolute atomic E-state index is 0.0288. The summed E-state index contributed by atoms with van der Waals surface area (Å²) in [7, 11) is 0. The zero-order chi connectivity index (χ0) is 12.1. The van der Waals surface area contributed by atoms with Crippen LogP contribution in [-0.2, 0) is 4.79 Å². The fourth-order valence-electron chi connectivity index (χ4n) is 1.76. The number of hydrogen-bond donors (Lipinski definition) is 1. The van der Waals surface area contributed by atoms with E-state index in [1.165, 1.54) is 6.33 Å². The molecule has 1 heterocycles. The van der Waals surface area contributed by atoms with Gasteiger partial charge in [0, 0.05) is 12.1 Å². The number of carboxylic acid groups (broad SMARTS) is 1. The summed E-state index contributed by atoms with van der Waals surface area (Å²) in [5.41, 5.74) is 1.68. The zero-order valence-corrected chi connectivity index (χ0v) is 9.15. The summed E-state index contributed by atoms with van der Waals surface area (Å²) in [4.78, 5) is 18.9. The predicted molar refractivity (Wildman–Crippen MR) is 62.6 cm³/mol. The van der Waals surface area contributed by atoms with E-state index in [1.807, 2.05) is 30.3 Å². The van der Waals surface area contributed by atoms with Crippen LogP contribution in [0, 0.1) is 0 Å². The van der Waals surface area contributed by atoms with Gasteiger partial charge in [0.25, 0.3) is 0 Å². The van der Waals surface area contributed by atoms with Gasteiger partial charge < -0.3 is 5.11 Å². The quantitative estimate of drug-likeness (QED) is 0.870. The highest BCUT2D eigenvalue weighted by atomic mass is 16.4. The number of hydrogen-bond acceptors (Lipinski definition) is 3. The maximum Gasteiger partial charge on any atom is 0.304 e. The second kappa shape index (κ2) is 5.21. The molecule has 1 aromatic carbocycles. The predicted octanol–water partition coefficient (Wildman–Crippen LogP) is 2.08. The van der Waals surface area contributed by atoms with Crippen LogP contribution < -0.4 is 0 Å². The lowest BCUT2D eigenvalue weighted by Gasteiger charge is -2.14. The molecule has 86 valence electrons. The first kappa shape index (κ1) is 11.3. The van der Waals surface area contributed by atoms with E-state index in [4.69, 9.17) is 5.11 Å². The molecule has 4 nitrogen and oxygen atoms in total. The highest BCUT2D eigenvalue weighted by Crippen LogP contribution is 2.25. The van der Waals surface area contributed by atoms with Crippen LogP contribution in [-0.4, -0.2) is 21.0 Å². The lowest BCUT2D eigenvalue weighted by molar-refractivity contribution is -0.137. The average Bonchev–Trinajstić information content (AvgIpc) is 2.38. The van der Waals surface area contributed by atoms with E-state index in [0.717, 1.165) is 11.3 Å². The van der Waals surface area contributed by atoms with Gasteiger partial charge in [0.05, 0.1) is 12.1 Å². The molecule has 0 bridgehead atoms. The molecule has 1 aromatic heterocycles. The van der Waals surface area contributed by atoms with Crippen LogP contribution in [0.3, 0.4) is 0 Å². The summed E-state index contributed by atoms with van der Waals surface area (Å²) in [6.45, 7) is 0. The largest absolute Gasteiger partial charge is 0.481 e. The lowest BCUT2D eigenvalue weighted by Crippen LogP contribution is -2.09. The maximum atomic E-state index is 10.9. The zero-order valence-electron chi connectivity index (χ0n) is 9.15. The number of rotatable bonds is 4. The monoisotopic (exact) mass is 228 g/mol. The third kappa shape index (κ3) is 2.87. The number of nitrogens with zero attached hydrogens (tertiary/aromatic N) is 2. The van der Waals surface area contributed by atoms with E-state index in [-0.39, 0.29) is 12.3 Å². The van der Waals surface area contributed by atoms with Crippen molar-refractivity contribution in [2.45, 2.75) is 12.3 Å². The summed E-state index contributed by atoms with van der Waals surface area (Å²) in [5.74, 6) is -1.06. The molecule has 0 fully saturated rings. The molecule has 17 heavy (non-hydrogen) atoms. The number of carbonyl (C=O) groups is 1. The molecule has 0 aliphatic carbocycles.